The quantitative estimate of drug-likeness (QED) is 0.401. The van der Waals surface area contributed by atoms with Crippen molar-refractivity contribution in [2.75, 3.05) is 22.2 Å². The molecule has 5 heterocycles. The van der Waals surface area contributed by atoms with Gasteiger partial charge in [-0.25, -0.2) is 19.2 Å². The number of aromatic nitrogens is 7. The van der Waals surface area contributed by atoms with Gasteiger partial charge in [-0.3, -0.25) is 14.5 Å². The molecule has 4 aromatic heterocycles. The number of aryl methyl sites for hydroxylation is 1. The number of anilines is 4. The van der Waals surface area contributed by atoms with Crippen LogP contribution in [0.15, 0.2) is 60.9 Å². The SMILES string of the molecule is CN1C(=O)N(Cc2cccc(Cl)c2)c2nnc3cc(-c4ccnc(Nc5ccnn5C)n4)cc1n23. The molecular formula is C23H19ClN10O. The van der Waals surface area contributed by atoms with Gasteiger partial charge in [0.2, 0.25) is 11.9 Å². The van der Waals surface area contributed by atoms with Gasteiger partial charge in [-0.1, -0.05) is 23.7 Å². The van der Waals surface area contributed by atoms with Gasteiger partial charge >= 0.3 is 6.03 Å². The molecule has 0 radical (unpaired) electrons. The zero-order chi connectivity index (χ0) is 24.1. The maximum absolute atomic E-state index is 13.3. The van der Waals surface area contributed by atoms with Crippen molar-refractivity contribution in [3.05, 3.63) is 71.5 Å². The van der Waals surface area contributed by atoms with Gasteiger partial charge in [0.15, 0.2) is 5.65 Å². The number of amides is 2. The average Bonchev–Trinajstić information content (AvgIpc) is 3.47. The average molecular weight is 487 g/mol. The molecule has 0 fully saturated rings. The monoisotopic (exact) mass is 486 g/mol. The Morgan fingerprint density at radius 1 is 1.03 bits per heavy atom. The molecule has 6 rings (SSSR count). The van der Waals surface area contributed by atoms with Crippen LogP contribution in [0.2, 0.25) is 5.02 Å². The molecule has 0 spiro atoms. The van der Waals surface area contributed by atoms with Crippen LogP contribution in [0.25, 0.3) is 16.9 Å². The highest BCUT2D eigenvalue weighted by Gasteiger charge is 2.33. The van der Waals surface area contributed by atoms with E-state index in [2.05, 4.69) is 30.6 Å². The summed E-state index contributed by atoms with van der Waals surface area (Å²) in [5.41, 5.74) is 2.95. The number of benzene rings is 1. The van der Waals surface area contributed by atoms with E-state index in [-0.39, 0.29) is 6.03 Å². The van der Waals surface area contributed by atoms with Crippen LogP contribution < -0.4 is 15.1 Å². The van der Waals surface area contributed by atoms with E-state index in [0.717, 1.165) is 16.9 Å². The predicted octanol–water partition coefficient (Wildman–Crippen LogP) is 3.89. The Labute approximate surface area is 204 Å². The van der Waals surface area contributed by atoms with Crippen LogP contribution in [0.3, 0.4) is 0 Å². The standard InChI is InChI=1S/C23H19ClN10O/c1-31-20-12-15(17-6-8-25-21(27-17)28-18-7-9-26-32(18)2)11-19-29-30-22(34(19)20)33(23(31)35)13-14-4-3-5-16(24)10-14/h3-12H,13H2,1-2H3,(H,25,27,28). The lowest BCUT2D eigenvalue weighted by atomic mass is 10.1. The van der Waals surface area contributed by atoms with Crippen LogP contribution in [0, 0.1) is 0 Å². The number of nitrogens with zero attached hydrogens (tertiary/aromatic N) is 9. The fourth-order valence-corrected chi connectivity index (χ4v) is 4.28. The summed E-state index contributed by atoms with van der Waals surface area (Å²) in [6, 6.07) is 14.6. The molecule has 0 aliphatic carbocycles. The molecule has 0 bridgehead atoms. The maximum Gasteiger partial charge on any atom is 0.332 e. The number of rotatable bonds is 5. The third-order valence-corrected chi connectivity index (χ3v) is 6.05. The number of pyridine rings is 1. The number of hydrogen-bond acceptors (Lipinski definition) is 7. The van der Waals surface area contributed by atoms with Crippen LogP contribution in [-0.2, 0) is 13.6 Å². The Kier molecular flexibility index (Phi) is 4.85. The molecule has 0 saturated carbocycles. The van der Waals surface area contributed by atoms with Crippen molar-refractivity contribution in [1.82, 2.24) is 34.3 Å². The third-order valence-electron chi connectivity index (χ3n) is 5.81. The molecule has 2 amide bonds. The molecule has 1 N–H and O–H groups in total. The molecule has 174 valence electrons. The summed E-state index contributed by atoms with van der Waals surface area (Å²) >= 11 is 6.14. The molecule has 11 nitrogen and oxygen atoms in total. The zero-order valence-electron chi connectivity index (χ0n) is 18.8. The van der Waals surface area contributed by atoms with Gasteiger partial charge in [0.05, 0.1) is 18.4 Å². The van der Waals surface area contributed by atoms with Crippen LogP contribution in [0.1, 0.15) is 5.56 Å². The summed E-state index contributed by atoms with van der Waals surface area (Å²) in [5, 5.41) is 16.6. The first kappa shape index (κ1) is 21.1. The number of carbonyl (C=O) groups excluding carboxylic acids is 1. The summed E-state index contributed by atoms with van der Waals surface area (Å²) < 4.78 is 3.55. The lowest BCUT2D eigenvalue weighted by Gasteiger charge is -2.32. The first-order valence-electron chi connectivity index (χ1n) is 10.8. The van der Waals surface area contributed by atoms with Crippen molar-refractivity contribution in [1.29, 1.82) is 0 Å². The summed E-state index contributed by atoms with van der Waals surface area (Å²) in [6.07, 6.45) is 3.36. The lowest BCUT2D eigenvalue weighted by Crippen LogP contribution is -2.46. The fraction of sp³-hybridized carbons (Fsp3) is 0.130. The number of carbonyl (C=O) groups is 1. The Morgan fingerprint density at radius 2 is 1.91 bits per heavy atom. The normalized spacial score (nSPS) is 13.1. The highest BCUT2D eigenvalue weighted by Crippen LogP contribution is 2.34. The topological polar surface area (TPSA) is 109 Å². The molecule has 35 heavy (non-hydrogen) atoms. The van der Waals surface area contributed by atoms with Crippen LogP contribution in [0.5, 0.6) is 0 Å². The molecule has 1 aliphatic rings. The summed E-state index contributed by atoms with van der Waals surface area (Å²) in [5.74, 6) is 2.29. The maximum atomic E-state index is 13.3. The van der Waals surface area contributed by atoms with E-state index in [1.807, 2.05) is 47.8 Å². The zero-order valence-corrected chi connectivity index (χ0v) is 19.5. The van der Waals surface area contributed by atoms with Gasteiger partial charge in [-0.15, -0.1) is 10.2 Å². The second-order valence-corrected chi connectivity index (χ2v) is 8.52. The van der Waals surface area contributed by atoms with Crippen LogP contribution in [-0.4, -0.2) is 47.4 Å². The van der Waals surface area contributed by atoms with E-state index in [0.29, 0.717) is 40.6 Å². The van der Waals surface area contributed by atoms with E-state index in [4.69, 9.17) is 11.6 Å². The van der Waals surface area contributed by atoms with Gasteiger partial charge in [0.1, 0.15) is 11.6 Å². The van der Waals surface area contributed by atoms with Crippen molar-refractivity contribution >= 4 is 46.8 Å². The largest absolute Gasteiger partial charge is 0.332 e. The second kappa shape index (κ2) is 8.06. The fourth-order valence-electron chi connectivity index (χ4n) is 4.07. The van der Waals surface area contributed by atoms with Crippen LogP contribution in [0.4, 0.5) is 28.3 Å². The summed E-state index contributed by atoms with van der Waals surface area (Å²) in [7, 11) is 3.56. The van der Waals surface area contributed by atoms with Crippen molar-refractivity contribution in [2.45, 2.75) is 6.54 Å². The minimum atomic E-state index is -0.217. The van der Waals surface area contributed by atoms with Gasteiger partial charge in [0.25, 0.3) is 0 Å². The van der Waals surface area contributed by atoms with E-state index < -0.39 is 0 Å². The van der Waals surface area contributed by atoms with Crippen LogP contribution >= 0.6 is 11.6 Å². The van der Waals surface area contributed by atoms with Gasteiger partial charge < -0.3 is 5.32 Å². The first-order chi connectivity index (χ1) is 17.0. The molecular weight excluding hydrogens is 468 g/mol. The first-order valence-corrected chi connectivity index (χ1v) is 11.1. The molecule has 0 unspecified atom stereocenters. The lowest BCUT2D eigenvalue weighted by molar-refractivity contribution is 0.251. The predicted molar refractivity (Wildman–Crippen MR) is 132 cm³/mol. The van der Waals surface area contributed by atoms with E-state index in [1.165, 1.54) is 0 Å². The molecule has 1 aliphatic heterocycles. The smallest absolute Gasteiger partial charge is 0.309 e. The van der Waals surface area contributed by atoms with Crippen molar-refractivity contribution in [2.24, 2.45) is 7.05 Å². The molecule has 12 heteroatoms. The molecule has 0 saturated heterocycles. The minimum absolute atomic E-state index is 0.217. The third kappa shape index (κ3) is 3.62. The second-order valence-electron chi connectivity index (χ2n) is 8.08. The number of urea groups is 1. The Morgan fingerprint density at radius 3 is 2.71 bits per heavy atom. The Bertz CT molecular complexity index is 1590. The minimum Gasteiger partial charge on any atom is -0.309 e. The Balaban J connectivity index is 1.39. The number of nitrogens with one attached hydrogen (secondary N) is 1. The molecule has 1 aromatic carbocycles. The highest BCUT2D eigenvalue weighted by molar-refractivity contribution is 6.30. The highest BCUT2D eigenvalue weighted by atomic mass is 35.5. The van der Waals surface area contributed by atoms with Gasteiger partial charge in [-0.2, -0.15) is 5.10 Å². The van der Waals surface area contributed by atoms with Crippen molar-refractivity contribution in [3.8, 4) is 11.3 Å². The number of halogens is 1. The summed E-state index contributed by atoms with van der Waals surface area (Å²) in [6.45, 7) is 0.320. The van der Waals surface area contributed by atoms with Crippen molar-refractivity contribution in [3.63, 3.8) is 0 Å². The van der Waals surface area contributed by atoms with Gasteiger partial charge in [0, 0.05) is 36.9 Å². The molecule has 0 atom stereocenters. The molecule has 5 aromatic rings. The van der Waals surface area contributed by atoms with E-state index in [9.17, 15) is 4.79 Å². The van der Waals surface area contributed by atoms with Crippen molar-refractivity contribution < 1.29 is 4.79 Å². The van der Waals surface area contributed by atoms with Gasteiger partial charge in [-0.05, 0) is 35.9 Å². The number of hydrogen-bond donors (Lipinski definition) is 1. The van der Waals surface area contributed by atoms with E-state index in [1.54, 1.807) is 46.1 Å². The summed E-state index contributed by atoms with van der Waals surface area (Å²) in [4.78, 5) is 25.4. The Hall–Kier alpha value is -4.51. The van der Waals surface area contributed by atoms with E-state index >= 15 is 0 Å².